The van der Waals surface area contributed by atoms with Crippen molar-refractivity contribution in [3.63, 3.8) is 0 Å². The van der Waals surface area contributed by atoms with E-state index in [1.807, 2.05) is 6.08 Å². The maximum Gasteiger partial charge on any atom is 0.306 e. The number of fused-ring (bicyclic) bond motifs is 9. The van der Waals surface area contributed by atoms with Gasteiger partial charge in [0, 0.05) is 36.3 Å². The fraction of sp³-hybridized carbons (Fsp3) is 0.800. The van der Waals surface area contributed by atoms with Crippen molar-refractivity contribution in [3.05, 3.63) is 11.6 Å². The quantitative estimate of drug-likeness (QED) is 0.566. The molecular weight excluding hydrogens is 396 g/mol. The van der Waals surface area contributed by atoms with E-state index >= 15 is 0 Å². The molecule has 9 atom stereocenters. The number of ketones is 1. The van der Waals surface area contributed by atoms with Crippen LogP contribution in [0.15, 0.2) is 11.6 Å². The Hall–Kier alpha value is -1.10. The molecule has 6 rings (SSSR count). The molecular formula is C25H32O4S. The van der Waals surface area contributed by atoms with Gasteiger partial charge in [-0.2, -0.15) is 0 Å². The molecule has 1 aliphatic heterocycles. The number of thioether (sulfide) groups is 1. The number of allylic oxidation sites excluding steroid dienone is 1. The summed E-state index contributed by atoms with van der Waals surface area (Å²) < 4.78 is 6.21. The molecule has 4 saturated carbocycles. The second kappa shape index (κ2) is 6.02. The van der Waals surface area contributed by atoms with E-state index in [1.165, 1.54) is 23.8 Å². The summed E-state index contributed by atoms with van der Waals surface area (Å²) in [4.78, 5) is 36.7. The second-order valence-electron chi connectivity index (χ2n) is 11.4. The van der Waals surface area contributed by atoms with Gasteiger partial charge in [-0.3, -0.25) is 14.4 Å². The van der Waals surface area contributed by atoms with Crippen LogP contribution >= 0.6 is 11.8 Å². The van der Waals surface area contributed by atoms with Gasteiger partial charge in [-0.1, -0.05) is 31.2 Å². The summed E-state index contributed by atoms with van der Waals surface area (Å²) in [6, 6.07) is 0. The lowest BCUT2D eigenvalue weighted by molar-refractivity contribution is -0.176. The van der Waals surface area contributed by atoms with Crippen molar-refractivity contribution in [2.75, 3.05) is 0 Å². The summed E-state index contributed by atoms with van der Waals surface area (Å²) in [7, 11) is 0. The minimum Gasteiger partial charge on any atom is -0.458 e. The molecule has 4 nitrogen and oxygen atoms in total. The number of hydrogen-bond acceptors (Lipinski definition) is 5. The van der Waals surface area contributed by atoms with Gasteiger partial charge >= 0.3 is 5.97 Å². The zero-order chi connectivity index (χ0) is 21.1. The van der Waals surface area contributed by atoms with Crippen molar-refractivity contribution in [1.29, 1.82) is 0 Å². The Morgan fingerprint density at radius 1 is 1.13 bits per heavy atom. The summed E-state index contributed by atoms with van der Waals surface area (Å²) >= 11 is 1.52. The van der Waals surface area contributed by atoms with Gasteiger partial charge in [-0.15, -0.1) is 0 Å². The standard InChI is InChI=1S/C25H32O4S/c1-13(26)30-19-11-14-10-15(27)4-7-23(14,2)17-5-8-24(3)22(21(17)19)16-12-18(16)25(24)9-6-20(28)29-25/h10,16-19,21-22H,4-9,11-12H2,1-3H3/t16-,17+,18+,19-,21+,22+,23+,24+,25?/m1/s1. The maximum atomic E-state index is 12.3. The molecule has 0 aromatic heterocycles. The van der Waals surface area contributed by atoms with Crippen molar-refractivity contribution in [1.82, 2.24) is 0 Å². The first kappa shape index (κ1) is 19.6. The summed E-state index contributed by atoms with van der Waals surface area (Å²) in [5.74, 6) is 2.94. The van der Waals surface area contributed by atoms with Crippen LogP contribution in [0.25, 0.3) is 0 Å². The van der Waals surface area contributed by atoms with Gasteiger partial charge in [0.2, 0.25) is 0 Å². The number of carbonyl (C=O) groups excluding carboxylic acids is 3. The molecule has 30 heavy (non-hydrogen) atoms. The van der Waals surface area contributed by atoms with Crippen LogP contribution in [0, 0.1) is 40.4 Å². The highest BCUT2D eigenvalue weighted by molar-refractivity contribution is 8.14. The molecule has 6 aliphatic rings. The van der Waals surface area contributed by atoms with Crippen molar-refractivity contribution in [2.45, 2.75) is 83.0 Å². The average molecular weight is 429 g/mol. The third-order valence-corrected chi connectivity index (χ3v) is 11.5. The third kappa shape index (κ3) is 2.28. The highest BCUT2D eigenvalue weighted by Crippen LogP contribution is 2.79. The minimum atomic E-state index is -0.255. The number of carbonyl (C=O) groups is 3. The van der Waals surface area contributed by atoms with Crippen LogP contribution < -0.4 is 0 Å². The highest BCUT2D eigenvalue weighted by atomic mass is 32.2. The van der Waals surface area contributed by atoms with E-state index in [-0.39, 0.29) is 38.5 Å². The Bertz CT molecular complexity index is 894. The van der Waals surface area contributed by atoms with Crippen LogP contribution in [0.4, 0.5) is 0 Å². The number of esters is 1. The molecule has 0 bridgehead atoms. The lowest BCUT2D eigenvalue weighted by atomic mass is 9.45. The molecule has 1 heterocycles. The Kier molecular flexibility index (Phi) is 3.93. The van der Waals surface area contributed by atoms with Gasteiger partial charge < -0.3 is 4.74 Å². The molecule has 162 valence electrons. The lowest BCUT2D eigenvalue weighted by Crippen LogP contribution is -2.59. The normalized spacial score (nSPS) is 53.4. The number of hydrogen-bond donors (Lipinski definition) is 0. The van der Waals surface area contributed by atoms with Crippen LogP contribution in [0.5, 0.6) is 0 Å². The first-order chi connectivity index (χ1) is 14.2. The van der Waals surface area contributed by atoms with Crippen molar-refractivity contribution in [3.8, 4) is 0 Å². The monoisotopic (exact) mass is 428 g/mol. The first-order valence-electron chi connectivity index (χ1n) is 11.8. The number of ether oxygens (including phenoxy) is 1. The Balaban J connectivity index is 1.45. The average Bonchev–Trinajstić information content (AvgIpc) is 3.31. The van der Waals surface area contributed by atoms with Gasteiger partial charge in [0.05, 0.1) is 0 Å². The number of rotatable bonds is 1. The molecule has 1 spiro atoms. The fourth-order valence-corrected chi connectivity index (χ4v) is 10.4. The van der Waals surface area contributed by atoms with E-state index in [9.17, 15) is 14.4 Å². The molecule has 0 radical (unpaired) electrons. The SMILES string of the molecule is CC(=O)S[C@@H]1CC2=CC(=O)CC[C@]2(C)[C@H]2CC[C@@]3(C)[C@@H]([C@@H]4C[C@@H]4C34CCC(=O)O4)[C@H]12. The highest BCUT2D eigenvalue weighted by Gasteiger charge is 2.79. The van der Waals surface area contributed by atoms with E-state index in [0.717, 1.165) is 32.1 Å². The Morgan fingerprint density at radius 3 is 2.63 bits per heavy atom. The summed E-state index contributed by atoms with van der Waals surface area (Å²) in [6.45, 7) is 6.49. The van der Waals surface area contributed by atoms with E-state index in [4.69, 9.17) is 4.74 Å². The molecule has 1 unspecified atom stereocenters. The predicted octanol–water partition coefficient (Wildman–Crippen LogP) is 4.71. The summed E-state index contributed by atoms with van der Waals surface area (Å²) in [5.41, 5.74) is 1.16. The Labute approximate surface area is 182 Å². The van der Waals surface area contributed by atoms with Crippen molar-refractivity contribution >= 4 is 28.6 Å². The van der Waals surface area contributed by atoms with Crippen LogP contribution in [-0.4, -0.2) is 27.7 Å². The zero-order valence-corrected chi connectivity index (χ0v) is 19.1. The lowest BCUT2D eigenvalue weighted by Gasteiger charge is -2.62. The van der Waals surface area contributed by atoms with Gasteiger partial charge in [-0.05, 0) is 73.7 Å². The van der Waals surface area contributed by atoms with Crippen LogP contribution in [-0.2, 0) is 19.1 Å². The molecule has 0 aromatic carbocycles. The van der Waals surface area contributed by atoms with Gasteiger partial charge in [0.15, 0.2) is 10.9 Å². The molecule has 5 aliphatic carbocycles. The molecule has 5 heteroatoms. The van der Waals surface area contributed by atoms with Crippen molar-refractivity contribution < 1.29 is 19.1 Å². The van der Waals surface area contributed by atoms with Crippen molar-refractivity contribution in [2.24, 2.45) is 40.4 Å². The first-order valence-corrected chi connectivity index (χ1v) is 12.7. The summed E-state index contributed by atoms with van der Waals surface area (Å²) in [5, 5.41) is 0.431. The molecule has 5 fully saturated rings. The van der Waals surface area contributed by atoms with E-state index in [1.54, 1.807) is 6.92 Å². The molecule has 0 aromatic rings. The largest absolute Gasteiger partial charge is 0.458 e. The van der Waals surface area contributed by atoms with Crippen LogP contribution in [0.3, 0.4) is 0 Å². The molecule has 0 amide bonds. The Morgan fingerprint density at radius 2 is 1.93 bits per heavy atom. The maximum absolute atomic E-state index is 12.3. The van der Waals surface area contributed by atoms with Gasteiger partial charge in [-0.25, -0.2) is 0 Å². The topological polar surface area (TPSA) is 60.4 Å². The van der Waals surface area contributed by atoms with Crippen LogP contribution in [0.1, 0.15) is 72.1 Å². The second-order valence-corrected chi connectivity index (χ2v) is 12.9. The smallest absolute Gasteiger partial charge is 0.306 e. The van der Waals surface area contributed by atoms with E-state index in [0.29, 0.717) is 42.4 Å². The van der Waals surface area contributed by atoms with E-state index in [2.05, 4.69) is 13.8 Å². The van der Waals surface area contributed by atoms with Crippen LogP contribution in [0.2, 0.25) is 0 Å². The predicted molar refractivity (Wildman–Crippen MR) is 115 cm³/mol. The van der Waals surface area contributed by atoms with Gasteiger partial charge in [0.25, 0.3) is 0 Å². The molecule has 0 N–H and O–H groups in total. The zero-order valence-electron chi connectivity index (χ0n) is 18.2. The third-order valence-electron chi connectivity index (χ3n) is 10.4. The molecule has 1 saturated heterocycles. The fourth-order valence-electron chi connectivity index (χ4n) is 9.18. The minimum absolute atomic E-state index is 0.00840. The summed E-state index contributed by atoms with van der Waals surface area (Å²) in [6.07, 6.45) is 9.27. The van der Waals surface area contributed by atoms with Gasteiger partial charge in [0.1, 0.15) is 5.60 Å². The van der Waals surface area contributed by atoms with E-state index < -0.39 is 0 Å².